The number of piperazine rings is 1. The Morgan fingerprint density at radius 2 is 1.81 bits per heavy atom. The number of hydrogen-bond donors (Lipinski definition) is 1. The van der Waals surface area contributed by atoms with Crippen LogP contribution in [-0.4, -0.2) is 53.5 Å². The van der Waals surface area contributed by atoms with Crippen molar-refractivity contribution in [3.05, 3.63) is 54.0 Å². The molecule has 1 aromatic carbocycles. The molecule has 1 amide bonds. The number of benzene rings is 1. The molecule has 0 bridgehead atoms. The number of carbonyl (C=O) groups is 1. The van der Waals surface area contributed by atoms with E-state index >= 15 is 0 Å². The Balaban J connectivity index is 1.46. The molecule has 0 radical (unpaired) electrons. The molecule has 0 unspecified atom stereocenters. The van der Waals surface area contributed by atoms with Crippen LogP contribution in [0, 0.1) is 0 Å². The first kappa shape index (κ1) is 19.3. The molecule has 2 heterocycles. The van der Waals surface area contributed by atoms with Gasteiger partial charge in [-0.3, -0.25) is 9.69 Å². The van der Waals surface area contributed by atoms with Crippen molar-refractivity contribution in [1.29, 1.82) is 0 Å². The van der Waals surface area contributed by atoms with Gasteiger partial charge in [-0.1, -0.05) is 50.1 Å². The highest BCUT2D eigenvalue weighted by Crippen LogP contribution is 2.14. The van der Waals surface area contributed by atoms with Gasteiger partial charge in [0.25, 0.3) is 5.91 Å². The lowest BCUT2D eigenvalue weighted by molar-refractivity contribution is 0.0947. The molecule has 1 fully saturated rings. The van der Waals surface area contributed by atoms with Gasteiger partial charge in [-0.25, -0.2) is 9.97 Å². The fourth-order valence-corrected chi connectivity index (χ4v) is 3.25. The second-order valence-corrected chi connectivity index (χ2v) is 6.97. The lowest BCUT2D eigenvalue weighted by atomic mass is 10.2. The SMILES string of the molecule is CCCCCNC(=O)c1cnc(N2CCN(Cc3ccccc3)CC2)cn1. The summed E-state index contributed by atoms with van der Waals surface area (Å²) in [5.41, 5.74) is 1.73. The molecule has 0 saturated carbocycles. The molecular weight excluding hydrogens is 338 g/mol. The van der Waals surface area contributed by atoms with Crippen molar-refractivity contribution in [3.63, 3.8) is 0 Å². The van der Waals surface area contributed by atoms with Crippen LogP contribution in [0.3, 0.4) is 0 Å². The lowest BCUT2D eigenvalue weighted by Gasteiger charge is -2.35. The van der Waals surface area contributed by atoms with Crippen LogP contribution >= 0.6 is 0 Å². The minimum atomic E-state index is -0.141. The lowest BCUT2D eigenvalue weighted by Crippen LogP contribution is -2.46. The summed E-state index contributed by atoms with van der Waals surface area (Å²) in [6.07, 6.45) is 6.57. The summed E-state index contributed by atoms with van der Waals surface area (Å²) in [7, 11) is 0. The summed E-state index contributed by atoms with van der Waals surface area (Å²) in [6, 6.07) is 10.6. The van der Waals surface area contributed by atoms with E-state index in [0.717, 1.165) is 57.8 Å². The van der Waals surface area contributed by atoms with E-state index in [2.05, 4.69) is 62.3 Å². The van der Waals surface area contributed by atoms with E-state index in [1.54, 1.807) is 12.4 Å². The van der Waals surface area contributed by atoms with E-state index in [4.69, 9.17) is 0 Å². The highest BCUT2D eigenvalue weighted by Gasteiger charge is 2.19. The zero-order chi connectivity index (χ0) is 18.9. The molecule has 1 aliphatic heterocycles. The van der Waals surface area contributed by atoms with E-state index in [0.29, 0.717) is 12.2 Å². The van der Waals surface area contributed by atoms with Crippen LogP contribution < -0.4 is 10.2 Å². The topological polar surface area (TPSA) is 61.4 Å². The monoisotopic (exact) mass is 367 g/mol. The predicted molar refractivity (Wildman–Crippen MR) is 108 cm³/mol. The Labute approximate surface area is 161 Å². The summed E-state index contributed by atoms with van der Waals surface area (Å²) in [5.74, 6) is 0.703. The van der Waals surface area contributed by atoms with Crippen LogP contribution in [-0.2, 0) is 6.54 Å². The third-order valence-electron chi connectivity index (χ3n) is 4.88. The molecule has 1 aromatic heterocycles. The Morgan fingerprint density at radius 1 is 1.04 bits per heavy atom. The first-order valence-corrected chi connectivity index (χ1v) is 9.87. The van der Waals surface area contributed by atoms with Crippen LogP contribution in [0.4, 0.5) is 5.82 Å². The number of nitrogens with one attached hydrogen (secondary N) is 1. The molecular formula is C21H29N5O. The maximum absolute atomic E-state index is 12.1. The maximum Gasteiger partial charge on any atom is 0.271 e. The summed E-state index contributed by atoms with van der Waals surface area (Å²) < 4.78 is 0. The van der Waals surface area contributed by atoms with Crippen molar-refractivity contribution in [1.82, 2.24) is 20.2 Å². The van der Waals surface area contributed by atoms with Crippen molar-refractivity contribution in [3.8, 4) is 0 Å². The van der Waals surface area contributed by atoms with Gasteiger partial charge < -0.3 is 10.2 Å². The third-order valence-corrected chi connectivity index (χ3v) is 4.88. The number of aromatic nitrogens is 2. The second kappa shape index (κ2) is 10.0. The van der Waals surface area contributed by atoms with E-state index in [9.17, 15) is 4.79 Å². The molecule has 1 saturated heterocycles. The van der Waals surface area contributed by atoms with Crippen molar-refractivity contribution in [2.24, 2.45) is 0 Å². The molecule has 3 rings (SSSR count). The van der Waals surface area contributed by atoms with Gasteiger partial charge in [0.2, 0.25) is 0 Å². The summed E-state index contributed by atoms with van der Waals surface area (Å²) in [5, 5.41) is 2.90. The molecule has 144 valence electrons. The number of amides is 1. The van der Waals surface area contributed by atoms with Crippen LogP contribution in [0.2, 0.25) is 0 Å². The summed E-state index contributed by atoms with van der Waals surface area (Å²) in [6.45, 7) is 7.66. The van der Waals surface area contributed by atoms with Gasteiger partial charge in [0.1, 0.15) is 11.5 Å². The van der Waals surface area contributed by atoms with Crippen LogP contribution in [0.1, 0.15) is 42.2 Å². The zero-order valence-electron chi connectivity index (χ0n) is 16.1. The fraction of sp³-hybridized carbons (Fsp3) is 0.476. The van der Waals surface area contributed by atoms with Gasteiger partial charge in [0.15, 0.2) is 0 Å². The number of nitrogens with zero attached hydrogens (tertiary/aromatic N) is 4. The largest absolute Gasteiger partial charge is 0.353 e. The Morgan fingerprint density at radius 3 is 2.48 bits per heavy atom. The van der Waals surface area contributed by atoms with Gasteiger partial charge in [0, 0.05) is 39.3 Å². The van der Waals surface area contributed by atoms with Crippen LogP contribution in [0.25, 0.3) is 0 Å². The van der Waals surface area contributed by atoms with Crippen molar-refractivity contribution < 1.29 is 4.79 Å². The molecule has 0 spiro atoms. The first-order chi connectivity index (χ1) is 13.3. The number of unbranched alkanes of at least 4 members (excludes halogenated alkanes) is 2. The number of carbonyl (C=O) groups excluding carboxylic acids is 1. The smallest absolute Gasteiger partial charge is 0.271 e. The van der Waals surface area contributed by atoms with E-state index in [1.807, 2.05) is 0 Å². The predicted octanol–water partition coefficient (Wildman–Crippen LogP) is 2.72. The Bertz CT molecular complexity index is 696. The van der Waals surface area contributed by atoms with Crippen LogP contribution in [0.5, 0.6) is 0 Å². The van der Waals surface area contributed by atoms with Crippen molar-refractivity contribution >= 4 is 11.7 Å². The highest BCUT2D eigenvalue weighted by atomic mass is 16.1. The third kappa shape index (κ3) is 5.76. The number of anilines is 1. The summed E-state index contributed by atoms with van der Waals surface area (Å²) >= 11 is 0. The minimum absolute atomic E-state index is 0.141. The molecule has 6 heteroatoms. The van der Waals surface area contributed by atoms with Gasteiger partial charge in [-0.15, -0.1) is 0 Å². The van der Waals surface area contributed by atoms with Crippen molar-refractivity contribution in [2.45, 2.75) is 32.7 Å². The molecule has 0 atom stereocenters. The number of hydrogen-bond acceptors (Lipinski definition) is 5. The van der Waals surface area contributed by atoms with E-state index in [-0.39, 0.29) is 5.91 Å². The number of rotatable bonds is 8. The summed E-state index contributed by atoms with van der Waals surface area (Å²) in [4.78, 5) is 25.5. The van der Waals surface area contributed by atoms with Gasteiger partial charge >= 0.3 is 0 Å². The quantitative estimate of drug-likeness (QED) is 0.727. The molecule has 0 aliphatic carbocycles. The Kier molecular flexibility index (Phi) is 7.16. The van der Waals surface area contributed by atoms with E-state index < -0.39 is 0 Å². The molecule has 6 nitrogen and oxygen atoms in total. The van der Waals surface area contributed by atoms with Gasteiger partial charge in [-0.2, -0.15) is 0 Å². The molecule has 27 heavy (non-hydrogen) atoms. The normalized spacial score (nSPS) is 14.9. The fourth-order valence-electron chi connectivity index (χ4n) is 3.25. The van der Waals surface area contributed by atoms with Gasteiger partial charge in [-0.05, 0) is 12.0 Å². The average molecular weight is 367 g/mol. The maximum atomic E-state index is 12.1. The first-order valence-electron chi connectivity index (χ1n) is 9.87. The van der Waals surface area contributed by atoms with Crippen molar-refractivity contribution in [2.75, 3.05) is 37.6 Å². The Hall–Kier alpha value is -2.47. The zero-order valence-corrected chi connectivity index (χ0v) is 16.1. The van der Waals surface area contributed by atoms with Crippen LogP contribution in [0.15, 0.2) is 42.7 Å². The standard InChI is InChI=1S/C21H29N5O/c1-2-3-7-10-22-21(27)19-15-24-20(16-23-19)26-13-11-25(12-14-26)17-18-8-5-4-6-9-18/h4-6,8-9,15-16H,2-3,7,10-14,17H2,1H3,(H,22,27). The second-order valence-electron chi connectivity index (χ2n) is 6.97. The molecule has 1 aliphatic rings. The van der Waals surface area contributed by atoms with E-state index in [1.165, 1.54) is 5.56 Å². The molecule has 2 aromatic rings. The highest BCUT2D eigenvalue weighted by molar-refractivity contribution is 5.91. The van der Waals surface area contributed by atoms with Gasteiger partial charge in [0.05, 0.1) is 12.4 Å². The molecule has 1 N–H and O–H groups in total. The average Bonchev–Trinajstić information content (AvgIpc) is 2.72. The minimum Gasteiger partial charge on any atom is -0.353 e.